The first kappa shape index (κ1) is 22.1. The Morgan fingerprint density at radius 2 is 1.82 bits per heavy atom. The van der Waals surface area contributed by atoms with Crippen LogP contribution in [0.5, 0.6) is 5.75 Å². The van der Waals surface area contributed by atoms with E-state index in [-0.39, 0.29) is 5.91 Å². The van der Waals surface area contributed by atoms with Gasteiger partial charge >= 0.3 is 0 Å². The number of aromatic nitrogens is 2. The zero-order valence-electron chi connectivity index (χ0n) is 18.0. The molecule has 2 aromatic heterocycles. The molecule has 1 aliphatic heterocycles. The normalized spacial score (nSPS) is 14.2. The van der Waals surface area contributed by atoms with Gasteiger partial charge in [-0.1, -0.05) is 23.2 Å². The number of piperazine rings is 1. The predicted molar refractivity (Wildman–Crippen MR) is 134 cm³/mol. The van der Waals surface area contributed by atoms with Gasteiger partial charge in [-0.2, -0.15) is 0 Å². The second-order valence-corrected chi connectivity index (χ2v) is 9.53. The maximum absolute atomic E-state index is 13.0. The van der Waals surface area contributed by atoms with Gasteiger partial charge in [0.15, 0.2) is 4.96 Å². The summed E-state index contributed by atoms with van der Waals surface area (Å²) in [6.07, 6.45) is 2.35. The largest absolute Gasteiger partial charge is 0.497 e. The number of halogens is 2. The van der Waals surface area contributed by atoms with Crippen LogP contribution in [-0.4, -0.2) is 53.5 Å². The molecule has 33 heavy (non-hydrogen) atoms. The van der Waals surface area contributed by atoms with E-state index in [1.807, 2.05) is 63.3 Å². The Morgan fingerprint density at radius 1 is 1.06 bits per heavy atom. The Hall–Kier alpha value is -2.74. The van der Waals surface area contributed by atoms with Crippen molar-refractivity contribution in [3.05, 3.63) is 69.8 Å². The highest BCUT2D eigenvalue weighted by Gasteiger charge is 2.23. The first-order valence-corrected chi connectivity index (χ1v) is 12.2. The Labute approximate surface area is 205 Å². The van der Waals surface area contributed by atoms with E-state index in [2.05, 4.69) is 4.90 Å². The van der Waals surface area contributed by atoms with Crippen molar-refractivity contribution in [3.63, 3.8) is 0 Å². The van der Waals surface area contributed by atoms with Crippen LogP contribution in [0.1, 0.15) is 5.69 Å². The fraction of sp³-hybridized carbons (Fsp3) is 0.250. The zero-order valence-corrected chi connectivity index (χ0v) is 20.3. The number of thiazole rings is 1. The number of benzene rings is 2. The number of methoxy groups -OCH3 is 1. The number of fused-ring (bicyclic) bond motifs is 1. The average molecular weight is 501 g/mol. The molecule has 1 aliphatic rings. The van der Waals surface area contributed by atoms with Crippen molar-refractivity contribution in [3.8, 4) is 17.0 Å². The molecule has 0 N–H and O–H groups in total. The van der Waals surface area contributed by atoms with Crippen LogP contribution in [0.15, 0.2) is 54.0 Å². The van der Waals surface area contributed by atoms with Gasteiger partial charge < -0.3 is 14.5 Å². The van der Waals surface area contributed by atoms with Crippen LogP contribution in [0, 0.1) is 0 Å². The standard InChI is InChI=1S/C24H22Cl2N4O2S/c1-32-19-5-2-16(3-6-19)22-14-30-18(15-33-24(30)27-22)13-23(31)29-10-8-28(9-11-29)17-4-7-20(25)21(26)12-17/h2-7,12,14-15H,8-11,13H2,1H3. The Bertz CT molecular complexity index is 1290. The van der Waals surface area contributed by atoms with Gasteiger partial charge in [-0.3, -0.25) is 9.20 Å². The van der Waals surface area contributed by atoms with Gasteiger partial charge in [-0.05, 0) is 42.5 Å². The molecule has 170 valence electrons. The Morgan fingerprint density at radius 3 is 2.52 bits per heavy atom. The lowest BCUT2D eigenvalue weighted by Crippen LogP contribution is -2.49. The van der Waals surface area contributed by atoms with E-state index in [1.165, 1.54) is 0 Å². The molecule has 1 fully saturated rings. The molecule has 5 rings (SSSR count). The monoisotopic (exact) mass is 500 g/mol. The molecule has 2 aromatic carbocycles. The minimum atomic E-state index is 0.128. The summed E-state index contributed by atoms with van der Waals surface area (Å²) in [4.78, 5) is 22.8. The SMILES string of the molecule is COc1ccc(-c2cn3c(CC(=O)N4CCN(c5ccc(Cl)c(Cl)c5)CC4)csc3n2)cc1. The number of carbonyl (C=O) groups is 1. The van der Waals surface area contributed by atoms with Crippen LogP contribution in [0.2, 0.25) is 10.0 Å². The fourth-order valence-corrected chi connectivity index (χ4v) is 5.19. The van der Waals surface area contributed by atoms with E-state index < -0.39 is 0 Å². The molecule has 4 aromatic rings. The summed E-state index contributed by atoms with van der Waals surface area (Å²) in [6, 6.07) is 13.5. The van der Waals surface area contributed by atoms with Gasteiger partial charge in [-0.25, -0.2) is 4.98 Å². The van der Waals surface area contributed by atoms with E-state index in [9.17, 15) is 4.79 Å². The van der Waals surface area contributed by atoms with Crippen LogP contribution in [0.3, 0.4) is 0 Å². The quantitative estimate of drug-likeness (QED) is 0.374. The smallest absolute Gasteiger partial charge is 0.228 e. The number of rotatable bonds is 5. The van der Waals surface area contributed by atoms with Gasteiger partial charge in [0.2, 0.25) is 5.91 Å². The fourth-order valence-electron chi connectivity index (χ4n) is 4.02. The van der Waals surface area contributed by atoms with Crippen molar-refractivity contribution in [2.45, 2.75) is 6.42 Å². The molecular weight excluding hydrogens is 479 g/mol. The summed E-state index contributed by atoms with van der Waals surface area (Å²) in [5.41, 5.74) is 3.88. The van der Waals surface area contributed by atoms with Gasteiger partial charge in [0.25, 0.3) is 0 Å². The molecule has 6 nitrogen and oxygen atoms in total. The molecule has 0 unspecified atom stereocenters. The molecule has 0 bridgehead atoms. The number of anilines is 1. The van der Waals surface area contributed by atoms with Gasteiger partial charge in [-0.15, -0.1) is 11.3 Å². The van der Waals surface area contributed by atoms with Crippen molar-refractivity contribution in [1.29, 1.82) is 0 Å². The maximum atomic E-state index is 13.0. The zero-order chi connectivity index (χ0) is 22.9. The average Bonchev–Trinajstić information content (AvgIpc) is 3.43. The number of carbonyl (C=O) groups excluding carboxylic acids is 1. The summed E-state index contributed by atoms with van der Waals surface area (Å²) in [6.45, 7) is 2.87. The number of hydrogen-bond donors (Lipinski definition) is 0. The van der Waals surface area contributed by atoms with Crippen LogP contribution in [-0.2, 0) is 11.2 Å². The third-order valence-corrected chi connectivity index (χ3v) is 7.53. The van der Waals surface area contributed by atoms with Crippen molar-refractivity contribution in [1.82, 2.24) is 14.3 Å². The van der Waals surface area contributed by atoms with Crippen LogP contribution >= 0.6 is 34.5 Å². The van der Waals surface area contributed by atoms with Gasteiger partial charge in [0, 0.05) is 54.7 Å². The second kappa shape index (κ2) is 9.25. The highest BCUT2D eigenvalue weighted by Crippen LogP contribution is 2.28. The third-order valence-electron chi connectivity index (χ3n) is 5.90. The van der Waals surface area contributed by atoms with Gasteiger partial charge in [0.05, 0.1) is 29.3 Å². The van der Waals surface area contributed by atoms with Crippen molar-refractivity contribution >= 4 is 51.1 Å². The summed E-state index contributed by atoms with van der Waals surface area (Å²) in [5, 5.41) is 3.11. The molecule has 1 saturated heterocycles. The van der Waals surface area contributed by atoms with E-state index >= 15 is 0 Å². The summed E-state index contributed by atoms with van der Waals surface area (Å²) in [5.74, 6) is 0.938. The number of nitrogens with zero attached hydrogens (tertiary/aromatic N) is 4. The summed E-state index contributed by atoms with van der Waals surface area (Å²) in [7, 11) is 1.65. The number of amides is 1. The minimum Gasteiger partial charge on any atom is -0.497 e. The topological polar surface area (TPSA) is 50.1 Å². The molecule has 9 heteroatoms. The van der Waals surface area contributed by atoms with Crippen molar-refractivity contribution in [2.75, 3.05) is 38.2 Å². The first-order chi connectivity index (χ1) is 16.0. The van der Waals surface area contributed by atoms with Crippen LogP contribution in [0.4, 0.5) is 5.69 Å². The second-order valence-electron chi connectivity index (χ2n) is 7.88. The highest BCUT2D eigenvalue weighted by atomic mass is 35.5. The molecule has 0 aliphatic carbocycles. The summed E-state index contributed by atoms with van der Waals surface area (Å²) < 4.78 is 7.25. The third kappa shape index (κ3) is 4.53. The molecule has 1 amide bonds. The Balaban J connectivity index is 1.25. The molecule has 0 spiro atoms. The molecule has 3 heterocycles. The summed E-state index contributed by atoms with van der Waals surface area (Å²) >= 11 is 13.7. The van der Waals surface area contributed by atoms with E-state index in [4.69, 9.17) is 32.9 Å². The molecular formula is C24H22Cl2N4O2S. The number of hydrogen-bond acceptors (Lipinski definition) is 5. The number of imidazole rings is 1. The van der Waals surface area contributed by atoms with E-state index in [0.29, 0.717) is 29.6 Å². The van der Waals surface area contributed by atoms with Crippen LogP contribution < -0.4 is 9.64 Å². The predicted octanol–water partition coefficient (Wildman–Crippen LogP) is 5.27. The molecule has 0 saturated carbocycles. The van der Waals surface area contributed by atoms with Crippen molar-refractivity contribution < 1.29 is 9.53 Å². The van der Waals surface area contributed by atoms with E-state index in [1.54, 1.807) is 18.4 Å². The molecule has 0 atom stereocenters. The van der Waals surface area contributed by atoms with Crippen LogP contribution in [0.25, 0.3) is 16.2 Å². The first-order valence-electron chi connectivity index (χ1n) is 10.6. The maximum Gasteiger partial charge on any atom is 0.228 e. The lowest BCUT2D eigenvalue weighted by atomic mass is 10.1. The van der Waals surface area contributed by atoms with Crippen molar-refractivity contribution in [2.24, 2.45) is 0 Å². The van der Waals surface area contributed by atoms with Gasteiger partial charge in [0.1, 0.15) is 5.75 Å². The molecule has 0 radical (unpaired) electrons. The minimum absolute atomic E-state index is 0.128. The number of ether oxygens (including phenoxy) is 1. The lowest BCUT2D eigenvalue weighted by Gasteiger charge is -2.36. The lowest BCUT2D eigenvalue weighted by molar-refractivity contribution is -0.130. The Kier molecular flexibility index (Phi) is 6.19. The highest BCUT2D eigenvalue weighted by molar-refractivity contribution is 7.15. The van der Waals surface area contributed by atoms with E-state index in [0.717, 1.165) is 46.4 Å².